The van der Waals surface area contributed by atoms with Gasteiger partial charge in [0.05, 0.1) is 10.6 Å². The summed E-state index contributed by atoms with van der Waals surface area (Å²) in [6, 6.07) is 11.4. The number of carbonyl (C=O) groups excluding carboxylic acids is 1. The molecular weight excluding hydrogens is 343 g/mol. The van der Waals surface area contributed by atoms with Crippen LogP contribution in [0.4, 0.5) is 5.69 Å². The number of rotatable bonds is 2. The van der Waals surface area contributed by atoms with Crippen molar-refractivity contribution in [1.29, 1.82) is 0 Å². The summed E-state index contributed by atoms with van der Waals surface area (Å²) in [5.74, 6) is -0.0298. The zero-order valence-corrected chi connectivity index (χ0v) is 15.4. The number of halogens is 2. The molecule has 0 unspecified atom stereocenters. The van der Waals surface area contributed by atoms with E-state index in [1.807, 2.05) is 4.90 Å². The number of nitrogens with zero attached hydrogens (tertiary/aromatic N) is 2. The maximum Gasteiger partial charge on any atom is 0.255 e. The van der Waals surface area contributed by atoms with Gasteiger partial charge in [-0.2, -0.15) is 0 Å². The van der Waals surface area contributed by atoms with Crippen molar-refractivity contribution in [3.05, 3.63) is 63.1 Å². The Morgan fingerprint density at radius 2 is 1.58 bits per heavy atom. The van der Waals surface area contributed by atoms with Crippen LogP contribution in [0, 0.1) is 13.8 Å². The van der Waals surface area contributed by atoms with Gasteiger partial charge < -0.3 is 9.80 Å². The predicted molar refractivity (Wildman–Crippen MR) is 100 cm³/mol. The minimum atomic E-state index is -0.0298. The Morgan fingerprint density at radius 3 is 2.17 bits per heavy atom. The van der Waals surface area contributed by atoms with E-state index in [0.717, 1.165) is 13.1 Å². The van der Waals surface area contributed by atoms with Crippen molar-refractivity contribution < 1.29 is 4.79 Å². The summed E-state index contributed by atoms with van der Waals surface area (Å²) in [5.41, 5.74) is 4.35. The highest BCUT2D eigenvalue weighted by molar-refractivity contribution is 6.36. The van der Waals surface area contributed by atoms with Crippen LogP contribution in [0.3, 0.4) is 0 Å². The predicted octanol–water partition coefficient (Wildman–Crippen LogP) is 4.57. The molecule has 0 spiro atoms. The Labute approximate surface area is 152 Å². The maximum absolute atomic E-state index is 12.7. The van der Waals surface area contributed by atoms with E-state index in [0.29, 0.717) is 28.7 Å². The molecule has 0 radical (unpaired) electrons. The summed E-state index contributed by atoms with van der Waals surface area (Å²) in [6.07, 6.45) is 0. The Bertz CT molecular complexity index is 748. The van der Waals surface area contributed by atoms with E-state index >= 15 is 0 Å². The first-order valence-electron chi connectivity index (χ1n) is 8.03. The van der Waals surface area contributed by atoms with Gasteiger partial charge in [-0.05, 0) is 43.2 Å². The first-order valence-corrected chi connectivity index (χ1v) is 8.78. The molecule has 0 aromatic heterocycles. The molecule has 0 N–H and O–H groups in total. The average molecular weight is 363 g/mol. The van der Waals surface area contributed by atoms with E-state index in [-0.39, 0.29) is 5.91 Å². The van der Waals surface area contributed by atoms with Gasteiger partial charge in [0.25, 0.3) is 5.91 Å². The second-order valence-corrected chi connectivity index (χ2v) is 6.99. The quantitative estimate of drug-likeness (QED) is 0.780. The number of hydrogen-bond acceptors (Lipinski definition) is 2. The van der Waals surface area contributed by atoms with Crippen LogP contribution < -0.4 is 4.90 Å². The first-order chi connectivity index (χ1) is 11.5. The fourth-order valence-electron chi connectivity index (χ4n) is 3.27. The van der Waals surface area contributed by atoms with E-state index in [2.05, 4.69) is 36.9 Å². The summed E-state index contributed by atoms with van der Waals surface area (Å²) in [5, 5.41) is 0.945. The fraction of sp³-hybridized carbons (Fsp3) is 0.316. The lowest BCUT2D eigenvalue weighted by atomic mass is 10.1. The number of piperazine rings is 1. The molecule has 5 heteroatoms. The minimum absolute atomic E-state index is 0.0298. The number of benzene rings is 2. The molecule has 3 nitrogen and oxygen atoms in total. The maximum atomic E-state index is 12.7. The molecule has 1 aliphatic rings. The van der Waals surface area contributed by atoms with Gasteiger partial charge in [0.1, 0.15) is 0 Å². The van der Waals surface area contributed by atoms with Crippen LogP contribution in [0.15, 0.2) is 36.4 Å². The van der Waals surface area contributed by atoms with Gasteiger partial charge in [-0.15, -0.1) is 0 Å². The molecule has 1 saturated heterocycles. The van der Waals surface area contributed by atoms with E-state index in [9.17, 15) is 4.79 Å². The lowest BCUT2D eigenvalue weighted by molar-refractivity contribution is 0.0747. The summed E-state index contributed by atoms with van der Waals surface area (Å²) in [7, 11) is 0. The van der Waals surface area contributed by atoms with Crippen LogP contribution in [0.25, 0.3) is 0 Å². The molecule has 0 saturated carbocycles. The van der Waals surface area contributed by atoms with Crippen LogP contribution in [0.5, 0.6) is 0 Å². The third kappa shape index (κ3) is 3.38. The van der Waals surface area contributed by atoms with Gasteiger partial charge in [-0.25, -0.2) is 0 Å². The van der Waals surface area contributed by atoms with Crippen molar-refractivity contribution in [3.8, 4) is 0 Å². The number of aryl methyl sites for hydroxylation is 2. The van der Waals surface area contributed by atoms with Crippen molar-refractivity contribution >= 4 is 34.8 Å². The molecule has 1 fully saturated rings. The average Bonchev–Trinajstić information content (AvgIpc) is 2.55. The van der Waals surface area contributed by atoms with Crippen molar-refractivity contribution in [2.24, 2.45) is 0 Å². The van der Waals surface area contributed by atoms with Crippen LogP contribution in [0.2, 0.25) is 10.0 Å². The topological polar surface area (TPSA) is 23.6 Å². The number of amides is 1. The Kier molecular flexibility index (Phi) is 5.02. The third-order valence-electron chi connectivity index (χ3n) is 4.48. The smallest absolute Gasteiger partial charge is 0.255 e. The second-order valence-electron chi connectivity index (χ2n) is 6.14. The van der Waals surface area contributed by atoms with Gasteiger partial charge >= 0.3 is 0 Å². The van der Waals surface area contributed by atoms with Gasteiger partial charge in [0, 0.05) is 36.9 Å². The summed E-state index contributed by atoms with van der Waals surface area (Å²) >= 11 is 12.1. The summed E-state index contributed by atoms with van der Waals surface area (Å²) in [4.78, 5) is 16.9. The minimum Gasteiger partial charge on any atom is -0.368 e. The largest absolute Gasteiger partial charge is 0.368 e. The van der Waals surface area contributed by atoms with Crippen LogP contribution in [-0.2, 0) is 0 Å². The summed E-state index contributed by atoms with van der Waals surface area (Å²) < 4.78 is 0. The second kappa shape index (κ2) is 7.04. The lowest BCUT2D eigenvalue weighted by Gasteiger charge is -2.37. The van der Waals surface area contributed by atoms with Gasteiger partial charge in [-0.1, -0.05) is 41.4 Å². The van der Waals surface area contributed by atoms with Crippen LogP contribution >= 0.6 is 23.2 Å². The molecule has 1 heterocycles. The molecular formula is C19H20Cl2N2O. The van der Waals surface area contributed by atoms with Crippen molar-refractivity contribution in [2.45, 2.75) is 13.8 Å². The number of carbonyl (C=O) groups is 1. The van der Waals surface area contributed by atoms with Crippen molar-refractivity contribution in [3.63, 3.8) is 0 Å². The standard InChI is InChI=1S/C19H20Cl2N2O/c1-13-4-3-5-14(2)18(13)22-8-10-23(11-9-22)19(24)16-7-6-15(20)12-17(16)21/h3-7,12H,8-11H2,1-2H3. The highest BCUT2D eigenvalue weighted by Gasteiger charge is 2.24. The molecule has 1 amide bonds. The Balaban J connectivity index is 1.72. The SMILES string of the molecule is Cc1cccc(C)c1N1CCN(C(=O)c2ccc(Cl)cc2Cl)CC1. The van der Waals surface area contributed by atoms with E-state index in [1.165, 1.54) is 16.8 Å². The van der Waals surface area contributed by atoms with Crippen LogP contribution in [-0.4, -0.2) is 37.0 Å². The molecule has 2 aromatic carbocycles. The molecule has 0 atom stereocenters. The molecule has 3 rings (SSSR count). The summed E-state index contributed by atoms with van der Waals surface area (Å²) in [6.45, 7) is 7.28. The number of hydrogen-bond donors (Lipinski definition) is 0. The fourth-order valence-corrected chi connectivity index (χ4v) is 3.76. The first kappa shape index (κ1) is 17.1. The van der Waals surface area contributed by atoms with E-state index in [1.54, 1.807) is 18.2 Å². The third-order valence-corrected chi connectivity index (χ3v) is 5.03. The van der Waals surface area contributed by atoms with Crippen molar-refractivity contribution in [1.82, 2.24) is 4.90 Å². The van der Waals surface area contributed by atoms with Crippen molar-refractivity contribution in [2.75, 3.05) is 31.1 Å². The highest BCUT2D eigenvalue weighted by atomic mass is 35.5. The molecule has 1 aliphatic heterocycles. The molecule has 126 valence electrons. The lowest BCUT2D eigenvalue weighted by Crippen LogP contribution is -2.49. The van der Waals surface area contributed by atoms with E-state index in [4.69, 9.17) is 23.2 Å². The molecule has 2 aromatic rings. The highest BCUT2D eigenvalue weighted by Crippen LogP contribution is 2.27. The van der Waals surface area contributed by atoms with E-state index < -0.39 is 0 Å². The van der Waals surface area contributed by atoms with Crippen LogP contribution in [0.1, 0.15) is 21.5 Å². The normalized spacial score (nSPS) is 14.8. The zero-order chi connectivity index (χ0) is 17.3. The Morgan fingerprint density at radius 1 is 0.958 bits per heavy atom. The molecule has 0 aliphatic carbocycles. The van der Waals surface area contributed by atoms with Gasteiger partial charge in [0.15, 0.2) is 0 Å². The monoisotopic (exact) mass is 362 g/mol. The van der Waals surface area contributed by atoms with Gasteiger partial charge in [-0.3, -0.25) is 4.79 Å². The van der Waals surface area contributed by atoms with Gasteiger partial charge in [0.2, 0.25) is 0 Å². The zero-order valence-electron chi connectivity index (χ0n) is 13.9. The number of anilines is 1. The molecule has 24 heavy (non-hydrogen) atoms. The number of para-hydroxylation sites is 1. The Hall–Kier alpha value is -1.71. The molecule has 0 bridgehead atoms.